The molecular formula is C24H28N2O3. The van der Waals surface area contributed by atoms with Gasteiger partial charge in [-0.05, 0) is 37.0 Å². The van der Waals surface area contributed by atoms with Crippen LogP contribution in [0.4, 0.5) is 0 Å². The van der Waals surface area contributed by atoms with Gasteiger partial charge in [-0.3, -0.25) is 9.59 Å². The number of hydrogen-bond donors (Lipinski definition) is 1. The van der Waals surface area contributed by atoms with Gasteiger partial charge in [-0.2, -0.15) is 0 Å². The second kappa shape index (κ2) is 9.41. The highest BCUT2D eigenvalue weighted by atomic mass is 16.5. The molecule has 152 valence electrons. The van der Waals surface area contributed by atoms with Crippen LogP contribution in [0, 0.1) is 0 Å². The molecule has 0 saturated carbocycles. The number of ether oxygens (including phenoxy) is 1. The summed E-state index contributed by atoms with van der Waals surface area (Å²) in [5.74, 6) is -0.337. The highest BCUT2D eigenvalue weighted by molar-refractivity contribution is 6.45. The molecule has 5 heteroatoms. The fraction of sp³-hybridized carbons (Fsp3) is 0.333. The predicted octanol–water partition coefficient (Wildman–Crippen LogP) is 4.75. The van der Waals surface area contributed by atoms with Crippen LogP contribution in [0.2, 0.25) is 0 Å². The van der Waals surface area contributed by atoms with E-state index in [9.17, 15) is 9.59 Å². The Morgan fingerprint density at radius 3 is 2.52 bits per heavy atom. The number of Topliss-reactive ketones (excluding diaryl/α,β-unsaturated/α-hetero) is 1. The van der Waals surface area contributed by atoms with Crippen molar-refractivity contribution in [3.8, 4) is 5.75 Å². The first-order valence-electron chi connectivity index (χ1n) is 10.2. The van der Waals surface area contributed by atoms with Crippen LogP contribution in [0.5, 0.6) is 5.75 Å². The van der Waals surface area contributed by atoms with Crippen molar-refractivity contribution >= 4 is 22.6 Å². The third-order valence-electron chi connectivity index (χ3n) is 5.17. The maximum absolute atomic E-state index is 12.9. The van der Waals surface area contributed by atoms with Crippen LogP contribution in [-0.4, -0.2) is 35.2 Å². The molecule has 1 heterocycles. The molecule has 3 aromatic rings. The van der Waals surface area contributed by atoms with Gasteiger partial charge in [0.1, 0.15) is 12.4 Å². The molecule has 0 saturated heterocycles. The summed E-state index contributed by atoms with van der Waals surface area (Å²) in [5, 5.41) is 0.692. The van der Waals surface area contributed by atoms with Crippen molar-refractivity contribution in [2.75, 3.05) is 13.6 Å². The molecule has 0 bridgehead atoms. The van der Waals surface area contributed by atoms with Crippen LogP contribution < -0.4 is 4.74 Å². The first-order valence-corrected chi connectivity index (χ1v) is 10.2. The Hall–Kier alpha value is -3.08. The van der Waals surface area contributed by atoms with Gasteiger partial charge in [0.25, 0.3) is 11.7 Å². The van der Waals surface area contributed by atoms with Gasteiger partial charge in [-0.15, -0.1) is 0 Å². The molecule has 0 unspecified atom stereocenters. The molecule has 5 nitrogen and oxygen atoms in total. The van der Waals surface area contributed by atoms with Gasteiger partial charge in [0, 0.05) is 25.3 Å². The van der Waals surface area contributed by atoms with Gasteiger partial charge in [0.05, 0.1) is 10.9 Å². The highest BCUT2D eigenvalue weighted by Crippen LogP contribution is 2.34. The zero-order valence-electron chi connectivity index (χ0n) is 17.3. The number of benzene rings is 2. The van der Waals surface area contributed by atoms with Crippen molar-refractivity contribution in [2.45, 2.75) is 39.7 Å². The lowest BCUT2D eigenvalue weighted by Gasteiger charge is -2.16. The van der Waals surface area contributed by atoms with Crippen LogP contribution in [0.25, 0.3) is 10.9 Å². The average molecular weight is 392 g/mol. The molecular weight excluding hydrogens is 364 g/mol. The Morgan fingerprint density at radius 2 is 1.83 bits per heavy atom. The van der Waals surface area contributed by atoms with Crippen LogP contribution in [0.15, 0.2) is 48.7 Å². The van der Waals surface area contributed by atoms with Crippen molar-refractivity contribution in [1.29, 1.82) is 0 Å². The SMILES string of the molecule is CCCCc1ccc2[nH]cc(C(=O)C(=O)N(C)CC)c2c1OCc1ccccc1. The Kier molecular flexibility index (Phi) is 6.70. The number of amides is 1. The summed E-state index contributed by atoms with van der Waals surface area (Å²) in [6.07, 6.45) is 4.57. The second-order valence-electron chi connectivity index (χ2n) is 7.21. The molecule has 0 aliphatic rings. The number of aromatic amines is 1. The molecule has 1 N–H and O–H groups in total. The molecule has 0 radical (unpaired) electrons. The summed E-state index contributed by atoms with van der Waals surface area (Å²) >= 11 is 0. The molecule has 2 aromatic carbocycles. The lowest BCUT2D eigenvalue weighted by molar-refractivity contribution is -0.125. The number of ketones is 1. The van der Waals surface area contributed by atoms with Crippen LogP contribution in [0.1, 0.15) is 48.2 Å². The predicted molar refractivity (Wildman–Crippen MR) is 115 cm³/mol. The summed E-state index contributed by atoms with van der Waals surface area (Å²) < 4.78 is 6.25. The van der Waals surface area contributed by atoms with E-state index < -0.39 is 11.7 Å². The van der Waals surface area contributed by atoms with Gasteiger partial charge >= 0.3 is 0 Å². The summed E-state index contributed by atoms with van der Waals surface area (Å²) in [6, 6.07) is 13.9. The Balaban J connectivity index is 2.04. The zero-order valence-corrected chi connectivity index (χ0v) is 17.3. The minimum atomic E-state index is -0.516. The standard InChI is InChI=1S/C24H28N2O3/c1-4-6-12-18-13-14-20-21(23(18)29-16-17-10-8-7-9-11-17)19(15-25-20)22(27)24(28)26(3)5-2/h7-11,13-15,25H,4-6,12,16H2,1-3H3. The summed E-state index contributed by atoms with van der Waals surface area (Å²) in [6.45, 7) is 4.87. The normalized spacial score (nSPS) is 10.9. The number of likely N-dealkylation sites (N-methyl/N-ethyl adjacent to an activating group) is 1. The van der Waals surface area contributed by atoms with E-state index in [-0.39, 0.29) is 0 Å². The second-order valence-corrected chi connectivity index (χ2v) is 7.21. The van der Waals surface area contributed by atoms with Gasteiger partial charge in [0.2, 0.25) is 0 Å². The summed E-state index contributed by atoms with van der Waals surface area (Å²) in [7, 11) is 1.63. The van der Waals surface area contributed by atoms with Crippen molar-refractivity contribution in [2.24, 2.45) is 0 Å². The molecule has 1 aromatic heterocycles. The maximum atomic E-state index is 12.9. The van der Waals surface area contributed by atoms with Crippen molar-refractivity contribution in [3.63, 3.8) is 0 Å². The van der Waals surface area contributed by atoms with Crippen molar-refractivity contribution < 1.29 is 14.3 Å². The molecule has 0 aliphatic carbocycles. The average Bonchev–Trinajstić information content (AvgIpc) is 3.19. The monoisotopic (exact) mass is 392 g/mol. The Labute approximate surface area is 171 Å². The molecule has 0 aliphatic heterocycles. The number of nitrogens with one attached hydrogen (secondary N) is 1. The lowest BCUT2D eigenvalue weighted by Crippen LogP contribution is -2.33. The largest absolute Gasteiger partial charge is 0.488 e. The fourth-order valence-corrected chi connectivity index (χ4v) is 3.31. The third-order valence-corrected chi connectivity index (χ3v) is 5.17. The maximum Gasteiger partial charge on any atom is 0.294 e. The minimum absolute atomic E-state index is 0.367. The quantitative estimate of drug-likeness (QED) is 0.422. The number of nitrogens with zero attached hydrogens (tertiary/aromatic N) is 1. The third kappa shape index (κ3) is 4.50. The zero-order chi connectivity index (χ0) is 20.8. The Bertz CT molecular complexity index is 992. The van der Waals surface area contributed by atoms with E-state index in [1.807, 2.05) is 49.4 Å². The van der Waals surface area contributed by atoms with Crippen molar-refractivity contribution in [1.82, 2.24) is 9.88 Å². The topological polar surface area (TPSA) is 62.4 Å². The van der Waals surface area contributed by atoms with Gasteiger partial charge in [-0.25, -0.2) is 0 Å². The van der Waals surface area contributed by atoms with E-state index in [4.69, 9.17) is 4.74 Å². The number of fused-ring (bicyclic) bond motifs is 1. The van der Waals surface area contributed by atoms with Crippen LogP contribution in [-0.2, 0) is 17.8 Å². The number of H-pyrrole nitrogens is 1. The lowest BCUT2D eigenvalue weighted by atomic mass is 10.0. The van der Waals surface area contributed by atoms with E-state index in [0.29, 0.717) is 29.9 Å². The molecule has 0 spiro atoms. The van der Waals surface area contributed by atoms with E-state index in [1.165, 1.54) is 4.90 Å². The summed E-state index contributed by atoms with van der Waals surface area (Å²) in [5.41, 5.74) is 3.27. The number of aromatic nitrogens is 1. The van der Waals surface area contributed by atoms with E-state index >= 15 is 0 Å². The minimum Gasteiger partial charge on any atom is -0.488 e. The number of carbonyl (C=O) groups is 2. The number of hydrogen-bond acceptors (Lipinski definition) is 3. The van der Waals surface area contributed by atoms with Crippen LogP contribution >= 0.6 is 0 Å². The van der Waals surface area contributed by atoms with Crippen molar-refractivity contribution in [3.05, 3.63) is 65.4 Å². The number of unbranched alkanes of at least 4 members (excludes halogenated alkanes) is 1. The van der Waals surface area contributed by atoms with E-state index in [0.717, 1.165) is 35.9 Å². The first-order chi connectivity index (χ1) is 14.1. The molecule has 3 rings (SSSR count). The molecule has 1 amide bonds. The van der Waals surface area contributed by atoms with Gasteiger partial charge in [-0.1, -0.05) is 49.7 Å². The fourth-order valence-electron chi connectivity index (χ4n) is 3.31. The number of aryl methyl sites for hydroxylation is 1. The first kappa shape index (κ1) is 20.6. The van der Waals surface area contributed by atoms with Gasteiger partial charge < -0.3 is 14.6 Å². The van der Waals surface area contributed by atoms with E-state index in [2.05, 4.69) is 11.9 Å². The smallest absolute Gasteiger partial charge is 0.294 e. The molecule has 29 heavy (non-hydrogen) atoms. The number of carbonyl (C=O) groups excluding carboxylic acids is 2. The molecule has 0 fully saturated rings. The Morgan fingerprint density at radius 1 is 1.07 bits per heavy atom. The molecule has 0 atom stereocenters. The van der Waals surface area contributed by atoms with Gasteiger partial charge in [0.15, 0.2) is 0 Å². The summed E-state index contributed by atoms with van der Waals surface area (Å²) in [4.78, 5) is 29.9. The van der Waals surface area contributed by atoms with Crippen LogP contribution in [0.3, 0.4) is 0 Å². The number of rotatable bonds is 9. The highest BCUT2D eigenvalue weighted by Gasteiger charge is 2.25. The van der Waals surface area contributed by atoms with E-state index in [1.54, 1.807) is 13.2 Å².